The summed E-state index contributed by atoms with van der Waals surface area (Å²) in [5, 5.41) is 19.1. The van der Waals surface area contributed by atoms with Crippen LogP contribution in [-0.2, 0) is 9.59 Å². The number of aromatic carboxylic acids is 2. The Morgan fingerprint density at radius 1 is 0.500 bits per heavy atom. The van der Waals surface area contributed by atoms with E-state index >= 15 is 0 Å². The van der Waals surface area contributed by atoms with Gasteiger partial charge in [0.1, 0.15) is 45.9 Å². The molecule has 0 amide bonds. The molecule has 12 heteroatoms. The molecule has 250 valence electrons. The van der Waals surface area contributed by atoms with Crippen molar-refractivity contribution < 1.29 is 56.4 Å². The number of rotatable bonds is 15. The van der Waals surface area contributed by atoms with Gasteiger partial charge in [-0.05, 0) is 72.5 Å². The molecule has 0 atom stereocenters. The maximum atomic E-state index is 14.2. The summed E-state index contributed by atoms with van der Waals surface area (Å²) in [6.45, 7) is 0. The average Bonchev–Trinajstić information content (AvgIpc) is 3.02. The van der Waals surface area contributed by atoms with Crippen molar-refractivity contribution in [3.05, 3.63) is 107 Å². The van der Waals surface area contributed by atoms with Crippen molar-refractivity contribution >= 4 is 23.9 Å². The zero-order valence-electron chi connectivity index (χ0n) is 25.4. The molecule has 0 heterocycles. The van der Waals surface area contributed by atoms with E-state index in [1.807, 2.05) is 0 Å². The number of hydrogen-bond donors (Lipinski definition) is 2. The van der Waals surface area contributed by atoms with E-state index in [1.54, 1.807) is 0 Å². The molecule has 0 spiro atoms. The molecule has 0 radical (unpaired) electrons. The summed E-state index contributed by atoms with van der Waals surface area (Å²) >= 11 is 0. The summed E-state index contributed by atoms with van der Waals surface area (Å²) in [6.07, 6.45) is 3.80. The Morgan fingerprint density at radius 3 is 1.23 bits per heavy atom. The Kier molecular flexibility index (Phi) is 12.0. The smallest absolute Gasteiger partial charge is 0.339 e. The first-order chi connectivity index (χ1) is 22.9. The van der Waals surface area contributed by atoms with Crippen molar-refractivity contribution in [1.29, 1.82) is 0 Å². The topological polar surface area (TPSA) is 127 Å². The van der Waals surface area contributed by atoms with Crippen LogP contribution in [0.2, 0.25) is 0 Å². The second-order valence-corrected chi connectivity index (χ2v) is 10.8. The summed E-state index contributed by atoms with van der Waals surface area (Å²) in [5.74, 6) is -7.72. The Hall–Kier alpha value is -5.52. The van der Waals surface area contributed by atoms with E-state index in [0.717, 1.165) is 37.1 Å². The van der Waals surface area contributed by atoms with Gasteiger partial charge in [0, 0.05) is 36.1 Å². The van der Waals surface area contributed by atoms with E-state index in [1.165, 1.54) is 36.4 Å². The highest BCUT2D eigenvalue weighted by Crippen LogP contribution is 2.31. The van der Waals surface area contributed by atoms with E-state index in [4.69, 9.17) is 9.47 Å². The summed E-state index contributed by atoms with van der Waals surface area (Å²) in [4.78, 5) is 48.2. The number of hydrogen-bond acceptors (Lipinski definition) is 6. The zero-order valence-corrected chi connectivity index (χ0v) is 25.4. The third kappa shape index (κ3) is 9.50. The minimum atomic E-state index is -1.38. The number of carboxylic acids is 2. The van der Waals surface area contributed by atoms with Crippen LogP contribution in [0.15, 0.2) is 72.8 Å². The van der Waals surface area contributed by atoms with Crippen molar-refractivity contribution in [3.8, 4) is 33.8 Å². The number of ether oxygens (including phenoxy) is 2. The maximum Gasteiger partial charge on any atom is 0.339 e. The van der Waals surface area contributed by atoms with Crippen LogP contribution in [0.3, 0.4) is 0 Å². The van der Waals surface area contributed by atoms with Crippen molar-refractivity contribution in [3.63, 3.8) is 0 Å². The predicted octanol–water partition coefficient (Wildman–Crippen LogP) is 8.61. The Labute approximate surface area is 272 Å². The number of halogens is 4. The molecule has 0 aromatic heterocycles. The van der Waals surface area contributed by atoms with Crippen LogP contribution in [0.1, 0.15) is 72.1 Å². The van der Waals surface area contributed by atoms with Crippen molar-refractivity contribution in [2.24, 2.45) is 0 Å². The number of carbonyl (C=O) groups excluding carboxylic acids is 2. The second kappa shape index (κ2) is 16.3. The van der Waals surface area contributed by atoms with Gasteiger partial charge in [0.25, 0.3) is 0 Å². The number of esters is 2. The minimum absolute atomic E-state index is 0.00548. The number of benzene rings is 4. The highest BCUT2D eigenvalue weighted by atomic mass is 19.1. The Morgan fingerprint density at radius 2 is 0.875 bits per heavy atom. The molecule has 4 aromatic rings. The van der Waals surface area contributed by atoms with E-state index in [0.29, 0.717) is 37.8 Å². The molecular formula is C36H30F4O8. The van der Waals surface area contributed by atoms with Gasteiger partial charge in [-0.3, -0.25) is 9.59 Å². The molecule has 0 saturated carbocycles. The van der Waals surface area contributed by atoms with Gasteiger partial charge in [-0.2, -0.15) is 0 Å². The summed E-state index contributed by atoms with van der Waals surface area (Å²) in [5.41, 5.74) is -0.349. The molecular weight excluding hydrogens is 636 g/mol. The molecule has 0 aliphatic heterocycles. The quantitative estimate of drug-likeness (QED) is 0.0559. The third-order valence-electron chi connectivity index (χ3n) is 7.36. The minimum Gasteiger partial charge on any atom is -0.478 e. The molecule has 4 rings (SSSR count). The number of carbonyl (C=O) groups is 4. The first kappa shape index (κ1) is 35.3. The lowest BCUT2D eigenvalue weighted by atomic mass is 10.0. The summed E-state index contributed by atoms with van der Waals surface area (Å²) in [6, 6.07) is 13.4. The lowest BCUT2D eigenvalue weighted by Gasteiger charge is -2.11. The Bertz CT molecular complexity index is 1710. The van der Waals surface area contributed by atoms with Crippen molar-refractivity contribution in [2.45, 2.75) is 51.4 Å². The normalized spacial score (nSPS) is 10.8. The first-order valence-corrected chi connectivity index (χ1v) is 15.0. The van der Waals surface area contributed by atoms with Gasteiger partial charge in [-0.15, -0.1) is 0 Å². The van der Waals surface area contributed by atoms with E-state index < -0.39 is 47.1 Å². The van der Waals surface area contributed by atoms with Gasteiger partial charge < -0.3 is 19.7 Å². The number of carboxylic acid groups (broad SMARTS) is 2. The molecule has 8 nitrogen and oxygen atoms in total. The van der Waals surface area contributed by atoms with Crippen LogP contribution in [0.4, 0.5) is 17.6 Å². The predicted molar refractivity (Wildman–Crippen MR) is 166 cm³/mol. The van der Waals surface area contributed by atoms with E-state index in [-0.39, 0.29) is 57.7 Å². The molecule has 0 saturated heterocycles. The largest absolute Gasteiger partial charge is 0.478 e. The molecule has 0 aliphatic rings. The van der Waals surface area contributed by atoms with Crippen molar-refractivity contribution in [2.75, 3.05) is 0 Å². The van der Waals surface area contributed by atoms with Gasteiger partial charge in [0.2, 0.25) is 0 Å². The van der Waals surface area contributed by atoms with Gasteiger partial charge in [-0.1, -0.05) is 37.8 Å². The molecule has 0 aliphatic carbocycles. The molecule has 48 heavy (non-hydrogen) atoms. The van der Waals surface area contributed by atoms with E-state index in [2.05, 4.69) is 0 Å². The molecule has 0 bridgehead atoms. The van der Waals surface area contributed by atoms with Crippen LogP contribution in [0.25, 0.3) is 22.3 Å². The van der Waals surface area contributed by atoms with Gasteiger partial charge >= 0.3 is 23.9 Å². The SMILES string of the molecule is O=C(CCCCCCCCC(=O)Oc1ccc(-c2ccc(F)cc2F)cc1C(=O)O)Oc1ccc(-c2ccc(F)cc2F)cc1C(=O)O. The highest BCUT2D eigenvalue weighted by molar-refractivity contribution is 5.94. The van der Waals surface area contributed by atoms with Crippen molar-refractivity contribution in [1.82, 2.24) is 0 Å². The lowest BCUT2D eigenvalue weighted by Crippen LogP contribution is -2.11. The molecule has 0 fully saturated rings. The summed E-state index contributed by atoms with van der Waals surface area (Å²) in [7, 11) is 0. The van der Waals surface area contributed by atoms with Crippen LogP contribution < -0.4 is 9.47 Å². The van der Waals surface area contributed by atoms with Gasteiger partial charge in [0.15, 0.2) is 0 Å². The number of unbranched alkanes of at least 4 members (excludes halogenated alkanes) is 5. The monoisotopic (exact) mass is 666 g/mol. The second-order valence-electron chi connectivity index (χ2n) is 10.8. The maximum absolute atomic E-state index is 14.2. The van der Waals surface area contributed by atoms with Crippen LogP contribution in [0.5, 0.6) is 11.5 Å². The highest BCUT2D eigenvalue weighted by Gasteiger charge is 2.19. The van der Waals surface area contributed by atoms with Gasteiger partial charge in [-0.25, -0.2) is 27.2 Å². The zero-order chi connectivity index (χ0) is 34.8. The fraction of sp³-hybridized carbons (Fsp3) is 0.222. The fourth-order valence-corrected chi connectivity index (χ4v) is 4.95. The molecule has 4 aromatic carbocycles. The third-order valence-corrected chi connectivity index (χ3v) is 7.36. The fourth-order valence-electron chi connectivity index (χ4n) is 4.95. The van der Waals surface area contributed by atoms with Gasteiger partial charge in [0.05, 0.1) is 0 Å². The van der Waals surface area contributed by atoms with E-state index in [9.17, 15) is 47.0 Å². The van der Waals surface area contributed by atoms with Crippen LogP contribution in [0, 0.1) is 23.3 Å². The average molecular weight is 667 g/mol. The first-order valence-electron chi connectivity index (χ1n) is 15.0. The Balaban J connectivity index is 1.17. The standard InChI is InChI=1S/C36H30F4O8/c37-23-11-13-25(29(39)19-23)21-9-15-31(27(17-21)35(43)44)47-33(41)7-5-3-1-2-4-6-8-34(42)48-32-16-10-22(18-28(32)36(45)46)26-14-12-24(38)20-30(26)40/h9-20H,1-8H2,(H,43,44)(H,45,46). The molecule has 2 N–H and O–H groups in total. The lowest BCUT2D eigenvalue weighted by molar-refractivity contribution is -0.135. The van der Waals surface area contributed by atoms with Crippen LogP contribution in [-0.4, -0.2) is 34.1 Å². The van der Waals surface area contributed by atoms with Crippen LogP contribution >= 0.6 is 0 Å². The summed E-state index contributed by atoms with van der Waals surface area (Å²) < 4.78 is 65.2. The molecule has 0 unspecified atom stereocenters.